The van der Waals surface area contributed by atoms with Gasteiger partial charge in [-0.1, -0.05) is 48.0 Å². The maximum Gasteiger partial charge on any atom is 0.253 e. The first-order valence-electron chi connectivity index (χ1n) is 16.2. The van der Waals surface area contributed by atoms with Crippen molar-refractivity contribution in [2.45, 2.75) is 90.6 Å². The van der Waals surface area contributed by atoms with Gasteiger partial charge in [-0.3, -0.25) is 19.5 Å². The fraction of sp³-hybridized carbons (Fsp3) is 0.432. The molecule has 2 bridgehead atoms. The van der Waals surface area contributed by atoms with E-state index in [1.165, 1.54) is 18.4 Å². The van der Waals surface area contributed by atoms with E-state index in [9.17, 15) is 9.59 Å². The standard InChI is InChI=1S/C37H44N4O3/c1-25(2)44-35-13-7-11-31-32(37(43)39-23-27-10-6-9-26(3)19-27)24-40(36(31)35)17-8-18-41-29-14-15-30(41)21-28(20-29)22-34(42)33-12-4-5-16-38-33/h4-7,9-13,16,19,24-25,28-30H,8,14-15,17-18,20-23H2,1-3H3,(H,39,43)/t28-,29+,30-. The highest BCUT2D eigenvalue weighted by atomic mass is 16.5. The summed E-state index contributed by atoms with van der Waals surface area (Å²) in [6.07, 6.45) is 9.91. The van der Waals surface area contributed by atoms with Gasteiger partial charge < -0.3 is 14.6 Å². The molecule has 3 atom stereocenters. The Labute approximate surface area is 260 Å². The minimum atomic E-state index is -0.0719. The van der Waals surface area contributed by atoms with Crippen LogP contribution >= 0.6 is 0 Å². The molecule has 0 spiro atoms. The molecule has 4 heterocycles. The second-order valence-corrected chi connectivity index (χ2v) is 12.9. The topological polar surface area (TPSA) is 76.5 Å². The van der Waals surface area contributed by atoms with E-state index < -0.39 is 0 Å². The van der Waals surface area contributed by atoms with Crippen molar-refractivity contribution in [2.24, 2.45) is 5.92 Å². The molecule has 0 aliphatic carbocycles. The number of hydrogen-bond donors (Lipinski definition) is 1. The first-order valence-corrected chi connectivity index (χ1v) is 16.2. The number of benzene rings is 2. The highest BCUT2D eigenvalue weighted by Gasteiger charge is 2.40. The van der Waals surface area contributed by atoms with E-state index in [2.05, 4.69) is 38.8 Å². The number of para-hydroxylation sites is 1. The quantitative estimate of drug-likeness (QED) is 0.180. The van der Waals surface area contributed by atoms with E-state index in [0.717, 1.165) is 54.6 Å². The molecule has 0 saturated carbocycles. The molecule has 7 nitrogen and oxygen atoms in total. The lowest BCUT2D eigenvalue weighted by Crippen LogP contribution is -2.43. The van der Waals surface area contributed by atoms with Crippen LogP contribution in [0.2, 0.25) is 0 Å². The van der Waals surface area contributed by atoms with Gasteiger partial charge in [-0.15, -0.1) is 0 Å². The number of Topliss-reactive ketones (excluding diaryl/α,β-unsaturated/α-hetero) is 1. The normalized spacial score (nSPS) is 19.9. The fourth-order valence-corrected chi connectivity index (χ4v) is 7.37. The minimum Gasteiger partial charge on any atom is -0.489 e. The average Bonchev–Trinajstić information content (AvgIpc) is 3.50. The summed E-state index contributed by atoms with van der Waals surface area (Å²) in [4.78, 5) is 33.3. The molecule has 1 amide bonds. The third-order valence-electron chi connectivity index (χ3n) is 9.23. The van der Waals surface area contributed by atoms with Crippen LogP contribution in [0.1, 0.15) is 84.3 Å². The third kappa shape index (κ3) is 6.73. The molecular formula is C37H44N4O3. The van der Waals surface area contributed by atoms with Gasteiger partial charge in [-0.25, -0.2) is 0 Å². The van der Waals surface area contributed by atoms with Gasteiger partial charge in [-0.05, 0) is 82.6 Å². The van der Waals surface area contributed by atoms with Crippen LogP contribution in [0.3, 0.4) is 0 Å². The van der Waals surface area contributed by atoms with E-state index in [4.69, 9.17) is 4.74 Å². The number of aryl methyl sites for hydroxylation is 2. The Balaban J connectivity index is 1.13. The third-order valence-corrected chi connectivity index (χ3v) is 9.23. The van der Waals surface area contributed by atoms with E-state index in [-0.39, 0.29) is 17.8 Å². The number of piperidine rings is 1. The van der Waals surface area contributed by atoms with Crippen LogP contribution in [0.4, 0.5) is 0 Å². The molecule has 6 rings (SSSR count). The van der Waals surface area contributed by atoms with E-state index in [1.807, 2.05) is 68.6 Å². The number of ether oxygens (including phenoxy) is 1. The average molecular weight is 593 g/mol. The van der Waals surface area contributed by atoms with Crippen LogP contribution in [-0.2, 0) is 13.1 Å². The summed E-state index contributed by atoms with van der Waals surface area (Å²) in [7, 11) is 0. The Morgan fingerprint density at radius 3 is 2.52 bits per heavy atom. The van der Waals surface area contributed by atoms with Crippen molar-refractivity contribution >= 4 is 22.6 Å². The van der Waals surface area contributed by atoms with Gasteiger partial charge in [0.1, 0.15) is 11.4 Å². The van der Waals surface area contributed by atoms with Crippen LogP contribution in [0.25, 0.3) is 10.9 Å². The van der Waals surface area contributed by atoms with Gasteiger partial charge in [-0.2, -0.15) is 0 Å². The fourth-order valence-electron chi connectivity index (χ4n) is 7.37. The smallest absolute Gasteiger partial charge is 0.253 e. The maximum absolute atomic E-state index is 13.5. The van der Waals surface area contributed by atoms with Gasteiger partial charge in [0.2, 0.25) is 0 Å². The van der Waals surface area contributed by atoms with Gasteiger partial charge >= 0.3 is 0 Å². The van der Waals surface area contributed by atoms with Crippen molar-refractivity contribution in [2.75, 3.05) is 6.54 Å². The van der Waals surface area contributed by atoms with Crippen LogP contribution in [0.5, 0.6) is 5.75 Å². The molecule has 2 fully saturated rings. The Hall–Kier alpha value is -3.97. The molecule has 2 aromatic carbocycles. The molecule has 4 aromatic rings. The van der Waals surface area contributed by atoms with Gasteiger partial charge in [0.25, 0.3) is 5.91 Å². The summed E-state index contributed by atoms with van der Waals surface area (Å²) in [5, 5.41) is 4.05. The molecule has 0 radical (unpaired) electrons. The molecule has 7 heteroatoms. The number of ketones is 1. The predicted octanol–water partition coefficient (Wildman–Crippen LogP) is 6.97. The molecule has 0 unspecified atom stereocenters. The zero-order valence-electron chi connectivity index (χ0n) is 26.2. The lowest BCUT2D eigenvalue weighted by Gasteiger charge is -2.39. The molecule has 2 saturated heterocycles. The number of pyridine rings is 1. The molecule has 2 aliphatic heterocycles. The largest absolute Gasteiger partial charge is 0.489 e. The monoisotopic (exact) mass is 592 g/mol. The second kappa shape index (κ2) is 13.3. The summed E-state index contributed by atoms with van der Waals surface area (Å²) < 4.78 is 8.44. The second-order valence-electron chi connectivity index (χ2n) is 12.9. The summed E-state index contributed by atoms with van der Waals surface area (Å²) in [6.45, 7) is 8.43. The van der Waals surface area contributed by atoms with E-state index >= 15 is 0 Å². The zero-order chi connectivity index (χ0) is 30.6. The minimum absolute atomic E-state index is 0.0315. The maximum atomic E-state index is 13.5. The highest BCUT2D eigenvalue weighted by molar-refractivity contribution is 6.08. The summed E-state index contributed by atoms with van der Waals surface area (Å²) in [5.74, 6) is 1.34. The number of nitrogens with one attached hydrogen (secondary N) is 1. The van der Waals surface area contributed by atoms with E-state index in [1.54, 1.807) is 6.20 Å². The van der Waals surface area contributed by atoms with E-state index in [0.29, 0.717) is 42.2 Å². The van der Waals surface area contributed by atoms with Gasteiger partial charge in [0.15, 0.2) is 5.78 Å². The Bertz CT molecular complexity index is 1600. The molecule has 2 aromatic heterocycles. The van der Waals surface area contributed by atoms with Crippen molar-refractivity contribution in [3.05, 3.63) is 95.4 Å². The number of aromatic nitrogens is 2. The molecule has 44 heavy (non-hydrogen) atoms. The van der Waals surface area contributed by atoms with Gasteiger partial charge in [0, 0.05) is 55.9 Å². The summed E-state index contributed by atoms with van der Waals surface area (Å²) in [6, 6.07) is 20.9. The Morgan fingerprint density at radius 1 is 1.00 bits per heavy atom. The lowest BCUT2D eigenvalue weighted by molar-refractivity contribution is 0.0803. The Morgan fingerprint density at radius 2 is 1.80 bits per heavy atom. The number of amides is 1. The van der Waals surface area contributed by atoms with Crippen LogP contribution in [0.15, 0.2) is 73.1 Å². The number of carbonyl (C=O) groups excluding carboxylic acids is 2. The van der Waals surface area contributed by atoms with Crippen LogP contribution in [0, 0.1) is 12.8 Å². The van der Waals surface area contributed by atoms with Crippen molar-refractivity contribution < 1.29 is 14.3 Å². The van der Waals surface area contributed by atoms with Crippen molar-refractivity contribution in [3.8, 4) is 5.75 Å². The Kier molecular flexibility index (Phi) is 9.12. The van der Waals surface area contributed by atoms with Crippen LogP contribution < -0.4 is 10.1 Å². The molecule has 1 N–H and O–H groups in total. The first-order chi connectivity index (χ1) is 21.4. The number of rotatable bonds is 12. The molecule has 230 valence electrons. The number of carbonyl (C=O) groups is 2. The number of fused-ring (bicyclic) bond motifs is 3. The highest BCUT2D eigenvalue weighted by Crippen LogP contribution is 2.40. The molecular weight excluding hydrogens is 548 g/mol. The van der Waals surface area contributed by atoms with Crippen LogP contribution in [-0.4, -0.2) is 50.9 Å². The molecule has 2 aliphatic rings. The number of nitrogens with zero attached hydrogens (tertiary/aromatic N) is 3. The van der Waals surface area contributed by atoms with Crippen molar-refractivity contribution in [1.29, 1.82) is 0 Å². The predicted molar refractivity (Wildman–Crippen MR) is 174 cm³/mol. The first kappa shape index (κ1) is 30.1. The SMILES string of the molecule is Cc1cccc(CNC(=O)c2cn(CCCN3[C@@H]4CC[C@H]3C[C@@H](CC(=O)c3ccccn3)C4)c3c(OC(C)C)cccc23)c1. The van der Waals surface area contributed by atoms with Gasteiger partial charge in [0.05, 0.1) is 17.2 Å². The zero-order valence-corrected chi connectivity index (χ0v) is 26.2. The summed E-state index contributed by atoms with van der Waals surface area (Å²) >= 11 is 0. The number of hydrogen-bond acceptors (Lipinski definition) is 5. The summed E-state index contributed by atoms with van der Waals surface area (Å²) in [5.41, 5.74) is 4.52. The van der Waals surface area contributed by atoms with Crippen molar-refractivity contribution in [3.63, 3.8) is 0 Å². The van der Waals surface area contributed by atoms with Crippen molar-refractivity contribution in [1.82, 2.24) is 19.8 Å². The lowest BCUT2D eigenvalue weighted by atomic mass is 9.86.